The molecular weight excluding hydrogens is 613 g/mol. The van der Waals surface area contributed by atoms with Gasteiger partial charge in [-0.25, -0.2) is 14.2 Å². The van der Waals surface area contributed by atoms with E-state index in [-0.39, 0.29) is 22.8 Å². The number of carbonyl (C=O) groups is 1. The highest BCUT2D eigenvalue weighted by Gasteiger charge is 2.35. The van der Waals surface area contributed by atoms with Crippen molar-refractivity contribution in [3.05, 3.63) is 143 Å². The Bertz CT molecular complexity index is 2160. The summed E-state index contributed by atoms with van der Waals surface area (Å²) in [6.07, 6.45) is 1.83. The Morgan fingerprint density at radius 1 is 1.07 bits per heavy atom. The molecular formula is C35H29ClFN3O4S. The Morgan fingerprint density at radius 3 is 2.56 bits per heavy atom. The van der Waals surface area contributed by atoms with Gasteiger partial charge in [-0.05, 0) is 74.4 Å². The van der Waals surface area contributed by atoms with E-state index in [0.717, 1.165) is 22.5 Å². The summed E-state index contributed by atoms with van der Waals surface area (Å²) in [4.78, 5) is 33.3. The van der Waals surface area contributed by atoms with E-state index >= 15 is 0 Å². The van der Waals surface area contributed by atoms with Gasteiger partial charge in [0, 0.05) is 22.6 Å². The SMILES string of the molecule is CCOC(=O)C1=C(c2ccccc2)N=c2s/c(=C/c3cc(C)n(-c4ccc(F)c(Cl)c4)c3C)c(=O)n2[C@@H]1c1cccc(OC)c1. The fourth-order valence-corrected chi connectivity index (χ4v) is 6.83. The molecule has 45 heavy (non-hydrogen) atoms. The molecule has 0 amide bonds. The van der Waals surface area contributed by atoms with Crippen molar-refractivity contribution in [1.82, 2.24) is 9.13 Å². The average molecular weight is 642 g/mol. The summed E-state index contributed by atoms with van der Waals surface area (Å²) in [5.41, 5.74) is 5.08. The quantitative estimate of drug-likeness (QED) is 0.200. The minimum absolute atomic E-state index is 0.0269. The van der Waals surface area contributed by atoms with E-state index < -0.39 is 17.8 Å². The Labute approximate surface area is 267 Å². The summed E-state index contributed by atoms with van der Waals surface area (Å²) in [7, 11) is 1.57. The molecule has 0 aliphatic carbocycles. The normalized spacial score (nSPS) is 14.7. The first kappa shape index (κ1) is 30.3. The minimum Gasteiger partial charge on any atom is -0.497 e. The Morgan fingerprint density at radius 2 is 1.84 bits per heavy atom. The molecule has 1 aliphatic heterocycles. The van der Waals surface area contributed by atoms with Gasteiger partial charge in [-0.2, -0.15) is 0 Å². The fourth-order valence-electron chi connectivity index (χ4n) is 5.66. The zero-order valence-corrected chi connectivity index (χ0v) is 26.6. The molecule has 0 saturated carbocycles. The Hall–Kier alpha value is -4.73. The van der Waals surface area contributed by atoms with Gasteiger partial charge in [-0.3, -0.25) is 9.36 Å². The molecule has 228 valence electrons. The molecule has 0 bridgehead atoms. The van der Waals surface area contributed by atoms with Crippen molar-refractivity contribution in [2.45, 2.75) is 26.8 Å². The monoisotopic (exact) mass is 641 g/mol. The summed E-state index contributed by atoms with van der Waals surface area (Å²) in [6, 6.07) is 22.4. The minimum atomic E-state index is -0.818. The smallest absolute Gasteiger partial charge is 0.338 e. The molecule has 0 unspecified atom stereocenters. The van der Waals surface area contributed by atoms with Crippen LogP contribution in [0.1, 0.15) is 41.0 Å². The molecule has 3 heterocycles. The molecule has 0 saturated heterocycles. The van der Waals surface area contributed by atoms with Crippen molar-refractivity contribution in [2.75, 3.05) is 13.7 Å². The van der Waals surface area contributed by atoms with Crippen molar-refractivity contribution in [3.63, 3.8) is 0 Å². The predicted octanol–water partition coefficient (Wildman–Crippen LogP) is 6.14. The van der Waals surface area contributed by atoms with E-state index in [1.54, 1.807) is 30.7 Å². The van der Waals surface area contributed by atoms with Crippen LogP contribution in [0, 0.1) is 19.7 Å². The molecule has 6 rings (SSSR count). The third-order valence-electron chi connectivity index (χ3n) is 7.70. The number of ether oxygens (including phenoxy) is 2. The van der Waals surface area contributed by atoms with Crippen LogP contribution in [0.3, 0.4) is 0 Å². The van der Waals surface area contributed by atoms with Gasteiger partial charge in [-0.1, -0.05) is 65.4 Å². The number of fused-ring (bicyclic) bond motifs is 1. The first-order valence-electron chi connectivity index (χ1n) is 14.3. The second-order valence-electron chi connectivity index (χ2n) is 10.5. The van der Waals surface area contributed by atoms with Gasteiger partial charge in [0.15, 0.2) is 4.80 Å². The number of nitrogens with zero attached hydrogens (tertiary/aromatic N) is 3. The number of rotatable bonds is 7. The molecule has 1 aliphatic rings. The van der Waals surface area contributed by atoms with Crippen LogP contribution in [0.2, 0.25) is 5.02 Å². The Kier molecular flexibility index (Phi) is 8.31. The molecule has 5 aromatic rings. The zero-order valence-electron chi connectivity index (χ0n) is 25.0. The lowest BCUT2D eigenvalue weighted by Crippen LogP contribution is -2.40. The van der Waals surface area contributed by atoms with Crippen LogP contribution >= 0.6 is 22.9 Å². The molecule has 3 aromatic carbocycles. The van der Waals surface area contributed by atoms with Gasteiger partial charge in [0.1, 0.15) is 11.6 Å². The topological polar surface area (TPSA) is 74.8 Å². The van der Waals surface area contributed by atoms with Crippen LogP contribution in [-0.2, 0) is 9.53 Å². The average Bonchev–Trinajstić information content (AvgIpc) is 3.51. The zero-order chi connectivity index (χ0) is 31.8. The molecule has 0 spiro atoms. The molecule has 7 nitrogen and oxygen atoms in total. The highest BCUT2D eigenvalue weighted by Crippen LogP contribution is 2.36. The van der Waals surface area contributed by atoms with Gasteiger partial charge in [0.05, 0.1) is 40.6 Å². The number of halogens is 2. The maximum Gasteiger partial charge on any atom is 0.338 e. The number of carbonyl (C=O) groups excluding carboxylic acids is 1. The molecule has 0 N–H and O–H groups in total. The maximum atomic E-state index is 14.3. The number of benzene rings is 3. The van der Waals surface area contributed by atoms with Crippen molar-refractivity contribution in [2.24, 2.45) is 4.99 Å². The van der Waals surface area contributed by atoms with Gasteiger partial charge in [0.25, 0.3) is 5.56 Å². The first-order chi connectivity index (χ1) is 21.7. The van der Waals surface area contributed by atoms with Crippen molar-refractivity contribution in [3.8, 4) is 11.4 Å². The van der Waals surface area contributed by atoms with E-state index in [1.165, 1.54) is 17.4 Å². The molecule has 0 fully saturated rings. The molecule has 1 atom stereocenters. The largest absolute Gasteiger partial charge is 0.497 e. The van der Waals surface area contributed by atoms with Crippen LogP contribution < -0.4 is 19.6 Å². The van der Waals surface area contributed by atoms with E-state index in [1.807, 2.05) is 85.2 Å². The summed E-state index contributed by atoms with van der Waals surface area (Å²) < 4.78 is 28.9. The fraction of sp³-hybridized carbons (Fsp3) is 0.171. The van der Waals surface area contributed by atoms with Crippen molar-refractivity contribution >= 4 is 40.7 Å². The van der Waals surface area contributed by atoms with Gasteiger partial charge in [-0.15, -0.1) is 0 Å². The van der Waals surface area contributed by atoms with E-state index in [2.05, 4.69) is 0 Å². The number of esters is 1. The number of aryl methyl sites for hydroxylation is 1. The lowest BCUT2D eigenvalue weighted by atomic mass is 9.93. The lowest BCUT2D eigenvalue weighted by Gasteiger charge is -2.26. The van der Waals surface area contributed by atoms with Crippen molar-refractivity contribution < 1.29 is 18.7 Å². The van der Waals surface area contributed by atoms with E-state index in [9.17, 15) is 14.0 Å². The standard InChI is InChI=1S/C35H29ClFN3O4S/c1-5-44-34(42)30-31(22-10-7-6-8-11-22)38-35-40(32(30)23-12-9-13-26(17-23)43-4)33(41)29(45-35)18-24-16-20(2)39(21(24)3)25-14-15-28(37)27(36)19-25/h6-19,32H,5H2,1-4H3/b29-18+/t32-/m1/s1. The van der Waals surface area contributed by atoms with Crippen LogP contribution in [0.4, 0.5) is 4.39 Å². The van der Waals surface area contributed by atoms with Gasteiger partial charge < -0.3 is 14.0 Å². The second-order valence-corrected chi connectivity index (χ2v) is 11.9. The van der Waals surface area contributed by atoms with Crippen LogP contribution in [0.15, 0.2) is 94.2 Å². The van der Waals surface area contributed by atoms with Crippen molar-refractivity contribution in [1.29, 1.82) is 0 Å². The number of thiazole rings is 1. The summed E-state index contributed by atoms with van der Waals surface area (Å²) in [6.45, 7) is 5.77. The van der Waals surface area contributed by atoms with E-state index in [0.29, 0.717) is 32.0 Å². The highest BCUT2D eigenvalue weighted by molar-refractivity contribution is 7.07. The molecule has 10 heteroatoms. The summed E-state index contributed by atoms with van der Waals surface area (Å²) in [5, 5.41) is 0.0269. The van der Waals surface area contributed by atoms with Crippen LogP contribution in [0.25, 0.3) is 17.5 Å². The second kappa shape index (κ2) is 12.3. The lowest BCUT2D eigenvalue weighted by molar-refractivity contribution is -0.138. The summed E-state index contributed by atoms with van der Waals surface area (Å²) in [5.74, 6) is -0.458. The van der Waals surface area contributed by atoms with Crippen LogP contribution in [-0.4, -0.2) is 28.8 Å². The van der Waals surface area contributed by atoms with E-state index in [4.69, 9.17) is 26.1 Å². The number of aromatic nitrogens is 2. The number of hydrogen-bond acceptors (Lipinski definition) is 6. The highest BCUT2D eigenvalue weighted by atomic mass is 35.5. The van der Waals surface area contributed by atoms with Gasteiger partial charge >= 0.3 is 5.97 Å². The Balaban J connectivity index is 1.60. The third kappa shape index (κ3) is 5.54. The first-order valence-corrected chi connectivity index (χ1v) is 15.5. The molecule has 0 radical (unpaired) electrons. The van der Waals surface area contributed by atoms with Crippen LogP contribution in [0.5, 0.6) is 5.75 Å². The van der Waals surface area contributed by atoms with Gasteiger partial charge in [0.2, 0.25) is 0 Å². The number of methoxy groups -OCH3 is 1. The number of hydrogen-bond donors (Lipinski definition) is 0. The third-order valence-corrected chi connectivity index (χ3v) is 8.97. The summed E-state index contributed by atoms with van der Waals surface area (Å²) >= 11 is 7.33. The predicted molar refractivity (Wildman–Crippen MR) is 174 cm³/mol. The maximum absolute atomic E-state index is 14.3. The molecule has 2 aromatic heterocycles.